The Morgan fingerprint density at radius 3 is 2.87 bits per heavy atom. The van der Waals surface area contributed by atoms with Crippen molar-refractivity contribution in [1.29, 1.82) is 0 Å². The van der Waals surface area contributed by atoms with Crippen LogP contribution in [0.5, 0.6) is 0 Å². The molecule has 15 heavy (non-hydrogen) atoms. The molecule has 80 valence electrons. The lowest BCUT2D eigenvalue weighted by Crippen LogP contribution is -2.07. The summed E-state index contributed by atoms with van der Waals surface area (Å²) in [6, 6.07) is 1.30. The van der Waals surface area contributed by atoms with E-state index in [1.165, 1.54) is 13.2 Å². The van der Waals surface area contributed by atoms with E-state index in [9.17, 15) is 14.9 Å². The molecular weight excluding hydrogens is 268 g/mol. The van der Waals surface area contributed by atoms with Gasteiger partial charge in [-0.25, -0.2) is 0 Å². The highest BCUT2D eigenvalue weighted by Crippen LogP contribution is 2.20. The van der Waals surface area contributed by atoms with Gasteiger partial charge in [-0.1, -0.05) is 0 Å². The van der Waals surface area contributed by atoms with Gasteiger partial charge in [-0.3, -0.25) is 19.9 Å². The molecule has 0 amide bonds. The van der Waals surface area contributed by atoms with E-state index in [1.54, 1.807) is 0 Å². The third kappa shape index (κ3) is 2.98. The quantitative estimate of drug-likeness (QED) is 0.474. The summed E-state index contributed by atoms with van der Waals surface area (Å²) in [6.07, 6.45) is 1.08. The number of hydrogen-bond acceptors (Lipinski definition) is 5. The van der Waals surface area contributed by atoms with Gasteiger partial charge in [0.25, 0.3) is 5.69 Å². The Morgan fingerprint density at radius 1 is 1.73 bits per heavy atom. The van der Waals surface area contributed by atoms with Crippen molar-refractivity contribution in [1.82, 2.24) is 4.98 Å². The normalized spacial score (nSPS) is 9.73. The molecule has 0 aliphatic heterocycles. The standard InChI is InChI=1S/C8H7BrN2O4/c1-15-8(12)3-7-6(9)2-5(4-10-7)11(13)14/h2,4H,3H2,1H3. The molecule has 7 heteroatoms. The smallest absolute Gasteiger partial charge is 0.311 e. The summed E-state index contributed by atoms with van der Waals surface area (Å²) in [5.41, 5.74) is 0.281. The monoisotopic (exact) mass is 274 g/mol. The number of ether oxygens (including phenoxy) is 1. The molecule has 0 aliphatic carbocycles. The van der Waals surface area contributed by atoms with Gasteiger partial charge < -0.3 is 4.74 Å². The highest BCUT2D eigenvalue weighted by molar-refractivity contribution is 9.10. The van der Waals surface area contributed by atoms with Crippen molar-refractivity contribution in [3.8, 4) is 0 Å². The van der Waals surface area contributed by atoms with Gasteiger partial charge >= 0.3 is 5.97 Å². The number of nitro groups is 1. The first-order valence-corrected chi connectivity index (χ1v) is 4.69. The van der Waals surface area contributed by atoms with Gasteiger partial charge in [0.05, 0.1) is 24.1 Å². The first kappa shape index (κ1) is 11.6. The van der Waals surface area contributed by atoms with Crippen molar-refractivity contribution in [3.05, 3.63) is 32.5 Å². The lowest BCUT2D eigenvalue weighted by Gasteiger charge is -2.01. The summed E-state index contributed by atoms with van der Waals surface area (Å²) in [5.74, 6) is -0.447. The van der Waals surface area contributed by atoms with Crippen molar-refractivity contribution < 1.29 is 14.5 Å². The van der Waals surface area contributed by atoms with E-state index in [0.29, 0.717) is 10.2 Å². The molecule has 0 radical (unpaired) electrons. The minimum absolute atomic E-state index is 0.0188. The minimum atomic E-state index is -0.556. The number of nitrogens with zero attached hydrogens (tertiary/aromatic N) is 2. The fraction of sp³-hybridized carbons (Fsp3) is 0.250. The third-order valence-electron chi connectivity index (χ3n) is 1.65. The molecule has 0 saturated heterocycles. The minimum Gasteiger partial charge on any atom is -0.469 e. The highest BCUT2D eigenvalue weighted by atomic mass is 79.9. The van der Waals surface area contributed by atoms with Gasteiger partial charge in [-0.2, -0.15) is 0 Å². The predicted molar refractivity (Wildman–Crippen MR) is 54.3 cm³/mol. The number of pyridine rings is 1. The van der Waals surface area contributed by atoms with Crippen LogP contribution in [0.1, 0.15) is 5.69 Å². The van der Waals surface area contributed by atoms with Crippen LogP contribution < -0.4 is 0 Å². The van der Waals surface area contributed by atoms with Crippen molar-refractivity contribution in [2.45, 2.75) is 6.42 Å². The maximum absolute atomic E-state index is 10.9. The molecule has 1 rings (SSSR count). The Kier molecular flexibility index (Phi) is 3.73. The van der Waals surface area contributed by atoms with E-state index < -0.39 is 10.9 Å². The molecule has 0 bridgehead atoms. The van der Waals surface area contributed by atoms with E-state index >= 15 is 0 Å². The molecule has 0 unspecified atom stereocenters. The fourth-order valence-corrected chi connectivity index (χ4v) is 1.37. The topological polar surface area (TPSA) is 82.3 Å². The Morgan fingerprint density at radius 2 is 2.40 bits per heavy atom. The number of carbonyl (C=O) groups excluding carboxylic acids is 1. The maximum Gasteiger partial charge on any atom is 0.311 e. The number of carbonyl (C=O) groups is 1. The number of hydrogen-bond donors (Lipinski definition) is 0. The van der Waals surface area contributed by atoms with Crippen LogP contribution in [0.2, 0.25) is 0 Å². The van der Waals surface area contributed by atoms with E-state index in [-0.39, 0.29) is 12.1 Å². The zero-order valence-corrected chi connectivity index (χ0v) is 9.35. The van der Waals surface area contributed by atoms with Crippen LogP contribution in [0, 0.1) is 10.1 Å². The van der Waals surface area contributed by atoms with Crippen molar-refractivity contribution in [2.75, 3.05) is 7.11 Å². The number of halogens is 1. The van der Waals surface area contributed by atoms with Crippen LogP contribution in [0.4, 0.5) is 5.69 Å². The van der Waals surface area contributed by atoms with E-state index in [4.69, 9.17) is 0 Å². The Balaban J connectivity index is 2.93. The maximum atomic E-state index is 10.9. The lowest BCUT2D eigenvalue weighted by atomic mass is 10.2. The second-order valence-corrected chi connectivity index (χ2v) is 3.49. The van der Waals surface area contributed by atoms with Crippen LogP contribution in [0.15, 0.2) is 16.7 Å². The summed E-state index contributed by atoms with van der Waals surface area (Å²) >= 11 is 3.10. The molecular formula is C8H7BrN2O4. The average molecular weight is 275 g/mol. The van der Waals surface area contributed by atoms with Crippen LogP contribution in [-0.2, 0) is 16.0 Å². The van der Waals surface area contributed by atoms with E-state index in [2.05, 4.69) is 25.7 Å². The van der Waals surface area contributed by atoms with Crippen molar-refractivity contribution in [3.63, 3.8) is 0 Å². The molecule has 0 fully saturated rings. The van der Waals surface area contributed by atoms with Gasteiger partial charge in [0, 0.05) is 10.5 Å². The molecule has 6 nitrogen and oxygen atoms in total. The molecule has 0 spiro atoms. The van der Waals surface area contributed by atoms with Gasteiger partial charge in [-0.15, -0.1) is 0 Å². The summed E-state index contributed by atoms with van der Waals surface area (Å²) in [7, 11) is 1.27. The molecule has 0 N–H and O–H groups in total. The van der Waals surface area contributed by atoms with Gasteiger partial charge in [-0.05, 0) is 15.9 Å². The van der Waals surface area contributed by atoms with Crippen LogP contribution in [0.3, 0.4) is 0 Å². The molecule has 1 heterocycles. The number of aromatic nitrogens is 1. The third-order valence-corrected chi connectivity index (χ3v) is 2.34. The summed E-state index contributed by atoms with van der Waals surface area (Å²) in [5, 5.41) is 10.4. The molecule has 1 aromatic heterocycles. The first-order valence-electron chi connectivity index (χ1n) is 3.90. The fourth-order valence-electron chi connectivity index (χ4n) is 0.895. The second kappa shape index (κ2) is 4.83. The van der Waals surface area contributed by atoms with Gasteiger partial charge in [0.1, 0.15) is 6.20 Å². The summed E-state index contributed by atoms with van der Waals surface area (Å²) in [4.78, 5) is 24.6. The van der Waals surface area contributed by atoms with Crippen LogP contribution >= 0.6 is 15.9 Å². The molecule has 1 aromatic rings. The zero-order chi connectivity index (χ0) is 11.4. The first-order chi connectivity index (χ1) is 7.04. The Labute approximate surface area is 93.5 Å². The van der Waals surface area contributed by atoms with E-state index in [1.807, 2.05) is 0 Å². The largest absolute Gasteiger partial charge is 0.469 e. The number of rotatable bonds is 3. The Bertz CT molecular complexity index is 408. The van der Waals surface area contributed by atoms with Gasteiger partial charge in [0.2, 0.25) is 0 Å². The van der Waals surface area contributed by atoms with Crippen LogP contribution in [-0.4, -0.2) is 23.0 Å². The molecule has 0 saturated carbocycles. The highest BCUT2D eigenvalue weighted by Gasteiger charge is 2.13. The van der Waals surface area contributed by atoms with Crippen LogP contribution in [0.25, 0.3) is 0 Å². The number of esters is 1. The zero-order valence-electron chi connectivity index (χ0n) is 7.77. The molecule has 0 aliphatic rings. The van der Waals surface area contributed by atoms with Crippen molar-refractivity contribution in [2.24, 2.45) is 0 Å². The molecule has 0 atom stereocenters. The SMILES string of the molecule is COC(=O)Cc1ncc([N+](=O)[O-])cc1Br. The number of methoxy groups -OCH3 is 1. The van der Waals surface area contributed by atoms with Crippen molar-refractivity contribution >= 4 is 27.6 Å². The lowest BCUT2D eigenvalue weighted by molar-refractivity contribution is -0.385. The van der Waals surface area contributed by atoms with E-state index in [0.717, 1.165) is 6.20 Å². The van der Waals surface area contributed by atoms with Gasteiger partial charge in [0.15, 0.2) is 0 Å². The summed E-state index contributed by atoms with van der Waals surface area (Å²) in [6.45, 7) is 0. The summed E-state index contributed by atoms with van der Waals surface area (Å²) < 4.78 is 4.87. The Hall–Kier alpha value is -1.50. The molecule has 0 aromatic carbocycles. The predicted octanol–water partition coefficient (Wildman–Crippen LogP) is 1.47. The second-order valence-electron chi connectivity index (χ2n) is 2.63. The average Bonchev–Trinajstić information content (AvgIpc) is 2.20.